The zero-order valence-corrected chi connectivity index (χ0v) is 18.4. The van der Waals surface area contributed by atoms with E-state index in [9.17, 15) is 9.59 Å². The Morgan fingerprint density at radius 2 is 1.75 bits per heavy atom. The number of carbonyl (C=O) groups is 1. The maximum absolute atomic E-state index is 13.0. The first kappa shape index (κ1) is 20.9. The zero-order chi connectivity index (χ0) is 20.4. The molecule has 0 bridgehead atoms. The van der Waals surface area contributed by atoms with Gasteiger partial charge in [0.05, 0.1) is 0 Å². The van der Waals surface area contributed by atoms with Gasteiger partial charge in [0.1, 0.15) is 10.6 Å². The molecule has 0 radical (unpaired) electrons. The van der Waals surface area contributed by atoms with Crippen LogP contribution in [0.1, 0.15) is 11.1 Å². The van der Waals surface area contributed by atoms with E-state index in [1.807, 2.05) is 19.9 Å². The van der Waals surface area contributed by atoms with Gasteiger partial charge in [-0.3, -0.25) is 4.79 Å². The molecule has 0 fully saturated rings. The molecule has 28 heavy (non-hydrogen) atoms. The van der Waals surface area contributed by atoms with Crippen LogP contribution >= 0.6 is 46.3 Å². The van der Waals surface area contributed by atoms with Gasteiger partial charge in [0.2, 0.25) is 5.06 Å². The molecule has 144 valence electrons. The molecule has 0 saturated carbocycles. The molecule has 3 aromatic rings. The molecule has 3 rings (SSSR count). The number of hydrogen-bond donors (Lipinski definition) is 0. The van der Waals surface area contributed by atoms with E-state index < -0.39 is 10.9 Å². The second kappa shape index (κ2) is 8.66. The van der Waals surface area contributed by atoms with Gasteiger partial charge >= 0.3 is 5.30 Å². The second-order valence-corrected chi connectivity index (χ2v) is 8.46. The minimum absolute atomic E-state index is 0.192. The Kier molecular flexibility index (Phi) is 6.45. The molecule has 4 nitrogen and oxygen atoms in total. The van der Waals surface area contributed by atoms with Crippen LogP contribution in [0, 0.1) is 13.8 Å². The van der Waals surface area contributed by atoms with Gasteiger partial charge in [-0.2, -0.15) is 4.98 Å². The molecule has 0 atom stereocenters. The van der Waals surface area contributed by atoms with E-state index in [1.165, 1.54) is 0 Å². The van der Waals surface area contributed by atoms with Crippen LogP contribution < -0.4 is 10.3 Å². The number of aryl methyl sites for hydroxylation is 1. The Morgan fingerprint density at radius 3 is 2.39 bits per heavy atom. The van der Waals surface area contributed by atoms with Crippen molar-refractivity contribution in [3.05, 3.63) is 67.9 Å². The number of hydrogen-bond acceptors (Lipinski definition) is 6. The van der Waals surface area contributed by atoms with Gasteiger partial charge < -0.3 is 4.74 Å². The molecular formula is C20H15Cl2NO3S2. The summed E-state index contributed by atoms with van der Waals surface area (Å²) in [5.41, 5.74) is 2.66. The van der Waals surface area contributed by atoms with Crippen molar-refractivity contribution < 1.29 is 9.53 Å². The first-order valence-corrected chi connectivity index (χ1v) is 10.9. The topological polar surface area (TPSA) is 56.3 Å². The fourth-order valence-corrected chi connectivity index (χ4v) is 4.19. The highest BCUT2D eigenvalue weighted by molar-refractivity contribution is 8.12. The normalized spacial score (nSPS) is 10.8. The van der Waals surface area contributed by atoms with Gasteiger partial charge in [-0.1, -0.05) is 52.7 Å². The van der Waals surface area contributed by atoms with Crippen LogP contribution in [0.15, 0.2) is 41.2 Å². The summed E-state index contributed by atoms with van der Waals surface area (Å²) in [5, 5.41) is 1.22. The van der Waals surface area contributed by atoms with Crippen molar-refractivity contribution in [2.24, 2.45) is 0 Å². The van der Waals surface area contributed by atoms with Crippen molar-refractivity contribution in [2.75, 3.05) is 6.26 Å². The van der Waals surface area contributed by atoms with Crippen molar-refractivity contribution in [3.8, 4) is 26.8 Å². The summed E-state index contributed by atoms with van der Waals surface area (Å²) in [5.74, 6) is 0. The highest BCUT2D eigenvalue weighted by Crippen LogP contribution is 2.40. The smallest absolute Gasteiger partial charge is 0.373 e. The second-order valence-electron chi connectivity index (χ2n) is 5.91. The first-order valence-electron chi connectivity index (χ1n) is 8.14. The standard InChI is InChI=1S/C20H15Cl2NO3S2/c1-10-4-9-14(22)11(2)15(10)16-17(24)23-18(12-5-7-13(21)8-6-12)28-19(16)26-20(25)27-3/h4-9H,1-3H3. The van der Waals surface area contributed by atoms with E-state index >= 15 is 0 Å². The molecule has 1 aromatic heterocycles. The van der Waals surface area contributed by atoms with Gasteiger partial charge in [-0.25, -0.2) is 4.79 Å². The van der Waals surface area contributed by atoms with E-state index in [0.717, 1.165) is 34.2 Å². The molecule has 0 aliphatic rings. The maximum Gasteiger partial charge on any atom is 0.373 e. The van der Waals surface area contributed by atoms with Crippen LogP contribution in [0.5, 0.6) is 5.06 Å². The number of nitrogens with zero attached hydrogens (tertiary/aromatic N) is 1. The molecule has 0 saturated heterocycles. The summed E-state index contributed by atoms with van der Waals surface area (Å²) >= 11 is 14.3. The molecule has 1 heterocycles. The molecule has 8 heteroatoms. The maximum atomic E-state index is 13.0. The third-order valence-corrected chi connectivity index (χ3v) is 6.17. The van der Waals surface area contributed by atoms with Crippen LogP contribution in [0.2, 0.25) is 10.0 Å². The summed E-state index contributed by atoms with van der Waals surface area (Å²) in [6.45, 7) is 3.69. The van der Waals surface area contributed by atoms with E-state index in [1.54, 1.807) is 36.6 Å². The van der Waals surface area contributed by atoms with Gasteiger partial charge in [0.15, 0.2) is 0 Å². The lowest BCUT2D eigenvalue weighted by Gasteiger charge is -2.14. The zero-order valence-electron chi connectivity index (χ0n) is 15.2. The van der Waals surface area contributed by atoms with Crippen molar-refractivity contribution in [1.29, 1.82) is 0 Å². The van der Waals surface area contributed by atoms with Crippen LogP contribution in [-0.2, 0) is 0 Å². The number of ether oxygens (including phenoxy) is 1. The van der Waals surface area contributed by atoms with E-state index in [2.05, 4.69) is 4.98 Å². The Balaban J connectivity index is 2.28. The Morgan fingerprint density at radius 1 is 1.07 bits per heavy atom. The molecule has 0 aliphatic heterocycles. The van der Waals surface area contributed by atoms with Gasteiger partial charge in [0.25, 0.3) is 5.56 Å². The Bertz CT molecular complexity index is 1110. The Labute approximate surface area is 180 Å². The van der Waals surface area contributed by atoms with Crippen LogP contribution in [0.25, 0.3) is 21.7 Å². The lowest BCUT2D eigenvalue weighted by molar-refractivity contribution is 0.228. The highest BCUT2D eigenvalue weighted by Gasteiger charge is 2.22. The summed E-state index contributed by atoms with van der Waals surface area (Å²) in [7, 11) is 0. The monoisotopic (exact) mass is 451 g/mol. The molecule has 2 aromatic carbocycles. The minimum atomic E-state index is -0.512. The summed E-state index contributed by atoms with van der Waals surface area (Å²) in [6, 6.07) is 10.5. The predicted molar refractivity (Wildman–Crippen MR) is 118 cm³/mol. The average Bonchev–Trinajstić information content (AvgIpc) is 2.67. The quantitative estimate of drug-likeness (QED) is 0.418. The molecule has 0 spiro atoms. The molecule has 0 N–H and O–H groups in total. The SMILES string of the molecule is CSC(=O)Oc1sc(-c2ccc(Cl)cc2)nc(=O)c1-c1c(C)ccc(Cl)c1C. The van der Waals surface area contributed by atoms with Gasteiger partial charge in [0, 0.05) is 15.6 Å². The van der Waals surface area contributed by atoms with Gasteiger partial charge in [-0.15, -0.1) is 0 Å². The lowest BCUT2D eigenvalue weighted by atomic mass is 9.98. The van der Waals surface area contributed by atoms with E-state index in [0.29, 0.717) is 26.2 Å². The largest absolute Gasteiger partial charge is 0.406 e. The number of rotatable bonds is 3. The number of aromatic nitrogens is 1. The number of halogens is 2. The van der Waals surface area contributed by atoms with Crippen molar-refractivity contribution in [2.45, 2.75) is 13.8 Å². The first-order chi connectivity index (χ1) is 13.3. The fourth-order valence-electron chi connectivity index (χ4n) is 2.72. The number of benzene rings is 2. The molecular weight excluding hydrogens is 437 g/mol. The predicted octanol–water partition coefficient (Wildman–Crippen LogP) is 6.62. The van der Waals surface area contributed by atoms with Crippen LogP contribution in [0.3, 0.4) is 0 Å². The van der Waals surface area contributed by atoms with Crippen molar-refractivity contribution in [1.82, 2.24) is 4.98 Å². The van der Waals surface area contributed by atoms with Crippen LogP contribution in [-0.4, -0.2) is 16.5 Å². The van der Waals surface area contributed by atoms with Crippen molar-refractivity contribution in [3.63, 3.8) is 0 Å². The summed E-state index contributed by atoms with van der Waals surface area (Å²) < 4.78 is 5.50. The van der Waals surface area contributed by atoms with E-state index in [4.69, 9.17) is 27.9 Å². The summed E-state index contributed by atoms with van der Waals surface area (Å²) in [4.78, 5) is 29.2. The number of thioether (sulfide) groups is 1. The lowest BCUT2D eigenvalue weighted by Crippen LogP contribution is -2.14. The molecule has 0 amide bonds. The number of carbonyl (C=O) groups excluding carboxylic acids is 1. The minimum Gasteiger partial charge on any atom is -0.406 e. The third-order valence-electron chi connectivity index (χ3n) is 4.10. The molecule has 0 unspecified atom stereocenters. The summed E-state index contributed by atoms with van der Waals surface area (Å²) in [6.07, 6.45) is 1.61. The highest BCUT2D eigenvalue weighted by atomic mass is 35.5. The third kappa shape index (κ3) is 4.25. The Hall–Kier alpha value is -1.86. The average molecular weight is 452 g/mol. The van der Waals surface area contributed by atoms with E-state index in [-0.39, 0.29) is 10.6 Å². The molecule has 0 aliphatic carbocycles. The van der Waals surface area contributed by atoms with Gasteiger partial charge in [-0.05, 0) is 66.8 Å². The fraction of sp³-hybridized carbons (Fsp3) is 0.150. The van der Waals surface area contributed by atoms with Crippen molar-refractivity contribution >= 4 is 51.6 Å². The van der Waals surface area contributed by atoms with Crippen LogP contribution in [0.4, 0.5) is 4.79 Å².